The number of benzene rings is 1. The van der Waals surface area contributed by atoms with Gasteiger partial charge in [0.05, 0.1) is 6.04 Å². The van der Waals surface area contributed by atoms with Gasteiger partial charge in [-0.3, -0.25) is 4.79 Å². The molecule has 1 aromatic carbocycles. The zero-order chi connectivity index (χ0) is 14.1. The van der Waals surface area contributed by atoms with Gasteiger partial charge in [0.2, 0.25) is 5.91 Å². The molecule has 0 saturated carbocycles. The second-order valence-electron chi connectivity index (χ2n) is 5.80. The summed E-state index contributed by atoms with van der Waals surface area (Å²) in [5, 5.41) is 3.15. The van der Waals surface area contributed by atoms with Crippen LogP contribution in [0.25, 0.3) is 0 Å². The summed E-state index contributed by atoms with van der Waals surface area (Å²) in [5.74, 6) is 1.77. The molecule has 20 heavy (non-hydrogen) atoms. The van der Waals surface area contributed by atoms with Crippen LogP contribution in [0.4, 0.5) is 0 Å². The summed E-state index contributed by atoms with van der Waals surface area (Å²) in [6, 6.07) is 4.23. The molecule has 4 heteroatoms. The molecule has 1 aliphatic heterocycles. The van der Waals surface area contributed by atoms with Crippen molar-refractivity contribution in [3.05, 3.63) is 23.3 Å². The summed E-state index contributed by atoms with van der Waals surface area (Å²) < 4.78 is 11.3. The Kier molecular flexibility index (Phi) is 3.55. The van der Waals surface area contributed by atoms with Crippen molar-refractivity contribution in [1.29, 1.82) is 0 Å². The molecule has 1 aromatic rings. The second-order valence-corrected chi connectivity index (χ2v) is 5.80. The third kappa shape index (κ3) is 2.47. The number of amides is 1. The van der Waals surface area contributed by atoms with Gasteiger partial charge in [-0.15, -0.1) is 0 Å². The first-order chi connectivity index (χ1) is 9.65. The monoisotopic (exact) mass is 275 g/mol. The molecule has 1 heterocycles. The fourth-order valence-electron chi connectivity index (χ4n) is 2.83. The first-order valence-electron chi connectivity index (χ1n) is 7.38. The smallest absolute Gasteiger partial charge is 0.223 e. The molecule has 0 radical (unpaired) electrons. The molecule has 1 N–H and O–H groups in total. The zero-order valence-electron chi connectivity index (χ0n) is 12.1. The maximum atomic E-state index is 11.9. The molecule has 2 aliphatic rings. The third-order valence-electron chi connectivity index (χ3n) is 3.96. The largest absolute Gasteiger partial charge is 0.486 e. The molecule has 4 nitrogen and oxygen atoms in total. The maximum Gasteiger partial charge on any atom is 0.223 e. The van der Waals surface area contributed by atoms with Crippen LogP contribution in [0.3, 0.4) is 0 Å². The van der Waals surface area contributed by atoms with Crippen molar-refractivity contribution in [2.24, 2.45) is 5.92 Å². The number of carbonyl (C=O) groups is 1. The minimum Gasteiger partial charge on any atom is -0.486 e. The minimum atomic E-state index is 0.0117. The summed E-state index contributed by atoms with van der Waals surface area (Å²) in [7, 11) is 0. The highest BCUT2D eigenvalue weighted by Gasteiger charge is 2.26. The van der Waals surface area contributed by atoms with Crippen LogP contribution in [0, 0.1) is 5.92 Å². The molecule has 108 valence electrons. The van der Waals surface area contributed by atoms with Crippen LogP contribution in [0.5, 0.6) is 11.5 Å². The van der Waals surface area contributed by atoms with Crippen LogP contribution in [0.2, 0.25) is 0 Å². The number of aryl methyl sites for hydroxylation is 1. The van der Waals surface area contributed by atoms with Crippen LogP contribution >= 0.6 is 0 Å². The lowest BCUT2D eigenvalue weighted by molar-refractivity contribution is -0.124. The molecule has 3 rings (SSSR count). The van der Waals surface area contributed by atoms with Crippen LogP contribution in [-0.4, -0.2) is 19.1 Å². The van der Waals surface area contributed by atoms with Crippen molar-refractivity contribution in [3.8, 4) is 11.5 Å². The van der Waals surface area contributed by atoms with Crippen molar-refractivity contribution in [2.45, 2.75) is 39.2 Å². The molecular weight excluding hydrogens is 254 g/mol. The van der Waals surface area contributed by atoms with Crippen LogP contribution in [0.1, 0.15) is 43.9 Å². The average molecular weight is 275 g/mol. The van der Waals surface area contributed by atoms with Crippen molar-refractivity contribution in [2.75, 3.05) is 13.2 Å². The van der Waals surface area contributed by atoms with Crippen molar-refractivity contribution in [1.82, 2.24) is 5.32 Å². The van der Waals surface area contributed by atoms with E-state index in [1.807, 2.05) is 19.9 Å². The summed E-state index contributed by atoms with van der Waals surface area (Å²) in [5.41, 5.74) is 2.46. The van der Waals surface area contributed by atoms with E-state index >= 15 is 0 Å². The van der Waals surface area contributed by atoms with E-state index in [9.17, 15) is 4.79 Å². The number of hydrogen-bond acceptors (Lipinski definition) is 3. The average Bonchev–Trinajstić information content (AvgIpc) is 2.45. The highest BCUT2D eigenvalue weighted by molar-refractivity contribution is 5.78. The topological polar surface area (TPSA) is 47.6 Å². The van der Waals surface area contributed by atoms with Gasteiger partial charge in [-0.05, 0) is 42.5 Å². The van der Waals surface area contributed by atoms with E-state index in [-0.39, 0.29) is 17.9 Å². The quantitative estimate of drug-likeness (QED) is 0.902. The summed E-state index contributed by atoms with van der Waals surface area (Å²) in [6.45, 7) is 5.04. The second kappa shape index (κ2) is 5.35. The molecule has 0 bridgehead atoms. The maximum absolute atomic E-state index is 11.9. The Labute approximate surface area is 119 Å². The summed E-state index contributed by atoms with van der Waals surface area (Å²) in [4.78, 5) is 11.9. The van der Waals surface area contributed by atoms with E-state index in [1.54, 1.807) is 0 Å². The van der Waals surface area contributed by atoms with E-state index in [2.05, 4.69) is 11.4 Å². The Balaban J connectivity index is 1.89. The molecule has 0 saturated heterocycles. The van der Waals surface area contributed by atoms with Crippen LogP contribution < -0.4 is 14.8 Å². The van der Waals surface area contributed by atoms with E-state index in [1.165, 1.54) is 11.1 Å². The molecule has 0 fully saturated rings. The highest BCUT2D eigenvalue weighted by Crippen LogP contribution is 2.39. The Morgan fingerprint density at radius 3 is 2.65 bits per heavy atom. The lowest BCUT2D eigenvalue weighted by Gasteiger charge is -2.29. The van der Waals surface area contributed by atoms with Gasteiger partial charge in [-0.2, -0.15) is 0 Å². The fourth-order valence-corrected chi connectivity index (χ4v) is 2.83. The summed E-state index contributed by atoms with van der Waals surface area (Å²) >= 11 is 0. The molecule has 1 unspecified atom stereocenters. The number of hydrogen-bond donors (Lipinski definition) is 1. The summed E-state index contributed by atoms with van der Waals surface area (Å²) in [6.07, 6.45) is 3.13. The molecule has 1 aliphatic carbocycles. The molecule has 1 atom stereocenters. The SMILES string of the molecule is CC(C)C(=O)NC1CCCc2cc3c(cc21)OCCO3. The first-order valence-corrected chi connectivity index (χ1v) is 7.38. The zero-order valence-corrected chi connectivity index (χ0v) is 12.1. The molecule has 0 aromatic heterocycles. The predicted octanol–water partition coefficient (Wildman–Crippen LogP) is 2.61. The Hall–Kier alpha value is -1.71. The minimum absolute atomic E-state index is 0.0117. The Bertz CT molecular complexity index is 525. The predicted molar refractivity (Wildman–Crippen MR) is 76.1 cm³/mol. The number of rotatable bonds is 2. The van der Waals surface area contributed by atoms with E-state index in [4.69, 9.17) is 9.47 Å². The van der Waals surface area contributed by atoms with Gasteiger partial charge in [-0.25, -0.2) is 0 Å². The number of nitrogens with one attached hydrogen (secondary N) is 1. The highest BCUT2D eigenvalue weighted by atomic mass is 16.6. The lowest BCUT2D eigenvalue weighted by Crippen LogP contribution is -2.34. The Morgan fingerprint density at radius 2 is 1.95 bits per heavy atom. The van der Waals surface area contributed by atoms with Gasteiger partial charge in [0, 0.05) is 5.92 Å². The van der Waals surface area contributed by atoms with Gasteiger partial charge in [0.25, 0.3) is 0 Å². The Morgan fingerprint density at radius 1 is 1.25 bits per heavy atom. The number of ether oxygens (including phenoxy) is 2. The van der Waals surface area contributed by atoms with Gasteiger partial charge >= 0.3 is 0 Å². The van der Waals surface area contributed by atoms with E-state index in [0.29, 0.717) is 13.2 Å². The van der Waals surface area contributed by atoms with Crippen molar-refractivity contribution in [3.63, 3.8) is 0 Å². The first kappa shape index (κ1) is 13.3. The van der Waals surface area contributed by atoms with Gasteiger partial charge in [0.15, 0.2) is 11.5 Å². The van der Waals surface area contributed by atoms with Crippen molar-refractivity contribution < 1.29 is 14.3 Å². The van der Waals surface area contributed by atoms with Crippen LogP contribution in [0.15, 0.2) is 12.1 Å². The molecular formula is C16H21NO3. The number of carbonyl (C=O) groups excluding carboxylic acids is 1. The fraction of sp³-hybridized carbons (Fsp3) is 0.562. The van der Waals surface area contributed by atoms with Gasteiger partial charge in [0.1, 0.15) is 13.2 Å². The third-order valence-corrected chi connectivity index (χ3v) is 3.96. The van der Waals surface area contributed by atoms with Gasteiger partial charge < -0.3 is 14.8 Å². The standard InChI is InChI=1S/C16H21NO3/c1-10(2)16(18)17-13-5-3-4-11-8-14-15(9-12(11)13)20-7-6-19-14/h8-10,13H,3-7H2,1-2H3,(H,17,18). The van der Waals surface area contributed by atoms with Crippen LogP contribution in [-0.2, 0) is 11.2 Å². The van der Waals surface area contributed by atoms with E-state index < -0.39 is 0 Å². The van der Waals surface area contributed by atoms with E-state index in [0.717, 1.165) is 30.8 Å². The normalized spacial score (nSPS) is 20.4. The molecule has 0 spiro atoms. The number of fused-ring (bicyclic) bond motifs is 2. The lowest BCUT2D eigenvalue weighted by atomic mass is 9.87. The van der Waals surface area contributed by atoms with Gasteiger partial charge in [-0.1, -0.05) is 13.8 Å². The van der Waals surface area contributed by atoms with Crippen molar-refractivity contribution >= 4 is 5.91 Å². The molecule has 1 amide bonds.